The Labute approximate surface area is 138 Å². The molecular weight excluding hydrogens is 311 g/mol. The van der Waals surface area contributed by atoms with Gasteiger partial charge in [0.1, 0.15) is 16.7 Å². The summed E-state index contributed by atoms with van der Waals surface area (Å²) in [4.78, 5) is 21.4. The highest BCUT2D eigenvalue weighted by atomic mass is 32.2. The fourth-order valence-corrected chi connectivity index (χ4v) is 3.38. The van der Waals surface area contributed by atoms with E-state index in [9.17, 15) is 9.18 Å². The average Bonchev–Trinajstić information content (AvgIpc) is 2.54. The van der Waals surface area contributed by atoms with Crippen molar-refractivity contribution in [2.75, 3.05) is 0 Å². The van der Waals surface area contributed by atoms with E-state index < -0.39 is 0 Å². The van der Waals surface area contributed by atoms with E-state index in [0.717, 1.165) is 15.9 Å². The number of hydrogen-bond acceptors (Lipinski definition) is 4. The summed E-state index contributed by atoms with van der Waals surface area (Å²) in [7, 11) is 0. The number of aromatic nitrogens is 2. The topological polar surface area (TPSA) is 42.9 Å². The number of rotatable bonds is 4. The van der Waals surface area contributed by atoms with Crippen LogP contribution in [0.1, 0.15) is 23.1 Å². The van der Waals surface area contributed by atoms with Gasteiger partial charge in [-0.1, -0.05) is 30.0 Å². The minimum Gasteiger partial charge on any atom is -0.293 e. The van der Waals surface area contributed by atoms with Crippen LogP contribution in [-0.2, 0) is 0 Å². The number of thioether (sulfide) groups is 1. The lowest BCUT2D eigenvalue weighted by molar-refractivity contribution is 0.0994. The van der Waals surface area contributed by atoms with Gasteiger partial charge in [0.15, 0.2) is 5.78 Å². The van der Waals surface area contributed by atoms with E-state index in [0.29, 0.717) is 11.4 Å². The van der Waals surface area contributed by atoms with Crippen LogP contribution in [-0.4, -0.2) is 21.0 Å². The molecule has 0 amide bonds. The van der Waals surface area contributed by atoms with Crippen molar-refractivity contribution in [3.63, 3.8) is 0 Å². The Hall–Kier alpha value is -2.27. The summed E-state index contributed by atoms with van der Waals surface area (Å²) >= 11 is 1.40. The molecule has 3 rings (SSSR count). The summed E-state index contributed by atoms with van der Waals surface area (Å²) < 4.78 is 13.0. The first-order valence-electron chi connectivity index (χ1n) is 7.24. The summed E-state index contributed by atoms with van der Waals surface area (Å²) in [5.74, 6) is 0.280. The van der Waals surface area contributed by atoms with E-state index in [1.807, 2.05) is 38.1 Å². The molecule has 0 aliphatic carbocycles. The Morgan fingerprint density at radius 2 is 1.78 bits per heavy atom. The third-order valence-corrected chi connectivity index (χ3v) is 4.57. The molecular formula is C18H15FN2OS. The number of carbonyl (C=O) groups is 1. The van der Waals surface area contributed by atoms with Crippen molar-refractivity contribution in [1.29, 1.82) is 0 Å². The molecule has 0 unspecified atom stereocenters. The molecule has 5 heteroatoms. The second-order valence-electron chi connectivity index (χ2n) is 5.22. The molecule has 0 radical (unpaired) electrons. The number of fused-ring (bicyclic) bond motifs is 1. The highest BCUT2D eigenvalue weighted by Gasteiger charge is 2.19. The van der Waals surface area contributed by atoms with Crippen LogP contribution in [0, 0.1) is 12.7 Å². The lowest BCUT2D eigenvalue weighted by atomic mass is 10.1. The molecule has 1 heterocycles. The first-order chi connectivity index (χ1) is 11.0. The molecule has 0 aliphatic rings. The van der Waals surface area contributed by atoms with Gasteiger partial charge >= 0.3 is 0 Å². The van der Waals surface area contributed by atoms with Gasteiger partial charge in [-0.05, 0) is 44.2 Å². The summed E-state index contributed by atoms with van der Waals surface area (Å²) in [6.07, 6.45) is 0. The van der Waals surface area contributed by atoms with Gasteiger partial charge in [-0.2, -0.15) is 0 Å². The zero-order chi connectivity index (χ0) is 16.4. The monoisotopic (exact) mass is 326 g/mol. The Morgan fingerprint density at radius 1 is 1.09 bits per heavy atom. The lowest BCUT2D eigenvalue weighted by Crippen LogP contribution is -2.14. The van der Waals surface area contributed by atoms with Crippen LogP contribution in [0.2, 0.25) is 0 Å². The van der Waals surface area contributed by atoms with Gasteiger partial charge in [-0.15, -0.1) is 0 Å². The maximum absolute atomic E-state index is 13.0. The molecule has 0 aliphatic heterocycles. The van der Waals surface area contributed by atoms with E-state index in [-0.39, 0.29) is 16.9 Å². The van der Waals surface area contributed by atoms with Gasteiger partial charge in [-0.25, -0.2) is 14.4 Å². The maximum Gasteiger partial charge on any atom is 0.175 e. The van der Waals surface area contributed by atoms with Crippen LogP contribution in [0.25, 0.3) is 10.9 Å². The van der Waals surface area contributed by atoms with E-state index >= 15 is 0 Å². The van der Waals surface area contributed by atoms with Crippen LogP contribution >= 0.6 is 11.8 Å². The quantitative estimate of drug-likeness (QED) is 0.404. The number of Topliss-reactive ketones (excluding diaryl/α,β-unsaturated/α-hetero) is 1. The largest absolute Gasteiger partial charge is 0.293 e. The van der Waals surface area contributed by atoms with Gasteiger partial charge in [0.05, 0.1) is 10.8 Å². The number of benzene rings is 2. The molecule has 116 valence electrons. The second-order valence-corrected chi connectivity index (χ2v) is 6.55. The smallest absolute Gasteiger partial charge is 0.175 e. The van der Waals surface area contributed by atoms with Gasteiger partial charge < -0.3 is 0 Å². The maximum atomic E-state index is 13.0. The Bertz CT molecular complexity index is 865. The van der Waals surface area contributed by atoms with Crippen LogP contribution in [0.4, 0.5) is 4.39 Å². The van der Waals surface area contributed by atoms with Gasteiger partial charge in [0.25, 0.3) is 0 Å². The zero-order valence-electron chi connectivity index (χ0n) is 12.8. The van der Waals surface area contributed by atoms with Gasteiger partial charge in [0, 0.05) is 10.9 Å². The Kier molecular flexibility index (Phi) is 4.39. The third-order valence-electron chi connectivity index (χ3n) is 3.47. The predicted molar refractivity (Wildman–Crippen MR) is 90.3 cm³/mol. The number of para-hydroxylation sites is 1. The SMILES string of the molecule is Cc1nc(S[C@H](C)C(=O)c2ccc(F)cc2)c2ccccc2n1. The summed E-state index contributed by atoms with van der Waals surface area (Å²) in [5.41, 5.74) is 1.37. The number of ketones is 1. The molecule has 0 spiro atoms. The fourth-order valence-electron chi connectivity index (χ4n) is 2.32. The average molecular weight is 326 g/mol. The molecule has 0 fully saturated rings. The molecule has 3 nitrogen and oxygen atoms in total. The molecule has 0 N–H and O–H groups in total. The minimum atomic E-state index is -0.348. The molecule has 1 aromatic heterocycles. The Balaban J connectivity index is 1.89. The molecule has 1 atom stereocenters. The lowest BCUT2D eigenvalue weighted by Gasteiger charge is -2.12. The first-order valence-corrected chi connectivity index (χ1v) is 8.12. The third kappa shape index (κ3) is 3.40. The standard InChI is InChI=1S/C18H15FN2OS/c1-11(17(22)13-7-9-14(19)10-8-13)23-18-15-5-3-4-6-16(15)20-12(2)21-18/h3-11H,1-2H3/t11-/m1/s1. The highest BCUT2D eigenvalue weighted by molar-refractivity contribution is 8.00. The van der Waals surface area contributed by atoms with Crippen molar-refractivity contribution in [3.8, 4) is 0 Å². The highest BCUT2D eigenvalue weighted by Crippen LogP contribution is 2.30. The van der Waals surface area contributed by atoms with Gasteiger partial charge in [-0.3, -0.25) is 4.79 Å². The number of nitrogens with zero attached hydrogens (tertiary/aromatic N) is 2. The molecule has 23 heavy (non-hydrogen) atoms. The summed E-state index contributed by atoms with van der Waals surface area (Å²) in [6.45, 7) is 3.67. The van der Waals surface area contributed by atoms with Crippen molar-refractivity contribution in [1.82, 2.24) is 9.97 Å². The van der Waals surface area contributed by atoms with E-state index in [2.05, 4.69) is 9.97 Å². The molecule has 3 aromatic rings. The van der Waals surface area contributed by atoms with Crippen LogP contribution in [0.5, 0.6) is 0 Å². The number of halogens is 1. The predicted octanol–water partition coefficient (Wildman–Crippen LogP) is 4.44. The van der Waals surface area contributed by atoms with Crippen LogP contribution in [0.3, 0.4) is 0 Å². The fraction of sp³-hybridized carbons (Fsp3) is 0.167. The van der Waals surface area contributed by atoms with Crippen molar-refractivity contribution in [2.45, 2.75) is 24.1 Å². The second kappa shape index (κ2) is 6.46. The van der Waals surface area contributed by atoms with Crippen LogP contribution < -0.4 is 0 Å². The Morgan fingerprint density at radius 3 is 2.52 bits per heavy atom. The van der Waals surface area contributed by atoms with Crippen molar-refractivity contribution >= 4 is 28.4 Å². The summed E-state index contributed by atoms with van der Waals surface area (Å²) in [5, 5.41) is 1.40. The number of hydrogen-bond donors (Lipinski definition) is 0. The van der Waals surface area contributed by atoms with E-state index in [4.69, 9.17) is 0 Å². The van der Waals surface area contributed by atoms with Crippen molar-refractivity contribution < 1.29 is 9.18 Å². The normalized spacial score (nSPS) is 12.3. The summed E-state index contributed by atoms with van der Waals surface area (Å²) in [6, 6.07) is 13.4. The van der Waals surface area contributed by atoms with Crippen molar-refractivity contribution in [2.24, 2.45) is 0 Å². The molecule has 2 aromatic carbocycles. The number of aryl methyl sites for hydroxylation is 1. The molecule has 0 saturated heterocycles. The van der Waals surface area contributed by atoms with E-state index in [1.54, 1.807) is 0 Å². The zero-order valence-corrected chi connectivity index (χ0v) is 13.6. The van der Waals surface area contributed by atoms with Gasteiger partial charge in [0.2, 0.25) is 0 Å². The minimum absolute atomic E-state index is 0.0460. The molecule has 0 saturated carbocycles. The number of carbonyl (C=O) groups excluding carboxylic acids is 1. The van der Waals surface area contributed by atoms with E-state index in [1.165, 1.54) is 36.0 Å². The molecule has 0 bridgehead atoms. The van der Waals surface area contributed by atoms with Crippen LogP contribution in [0.15, 0.2) is 53.6 Å². The van der Waals surface area contributed by atoms with Crippen molar-refractivity contribution in [3.05, 3.63) is 65.7 Å². The first kappa shape index (κ1) is 15.6.